The maximum atomic E-state index is 5.75. The molecule has 3 rings (SSSR count). The van der Waals surface area contributed by atoms with Crippen LogP contribution in [0.3, 0.4) is 0 Å². The molecule has 2 aliphatic rings. The first kappa shape index (κ1) is 14.9. The molecule has 4 heteroatoms. The van der Waals surface area contributed by atoms with Gasteiger partial charge in [-0.05, 0) is 37.7 Å². The second-order valence-corrected chi connectivity index (χ2v) is 6.81. The van der Waals surface area contributed by atoms with Gasteiger partial charge in [0.2, 0.25) is 0 Å². The minimum atomic E-state index is 0.439. The molecule has 0 saturated carbocycles. The molecule has 2 aliphatic heterocycles. The van der Waals surface area contributed by atoms with Crippen LogP contribution in [0, 0.1) is 0 Å². The van der Waals surface area contributed by atoms with E-state index in [0.29, 0.717) is 12.1 Å². The Hall–Kier alpha value is -1.00. The second-order valence-electron chi connectivity index (χ2n) is 5.81. The molecule has 0 bridgehead atoms. The lowest BCUT2D eigenvalue weighted by atomic mass is 10.1. The number of nitrogens with one attached hydrogen (secondary N) is 1. The summed E-state index contributed by atoms with van der Waals surface area (Å²) in [4.78, 5) is 4.70. The third kappa shape index (κ3) is 4.75. The highest BCUT2D eigenvalue weighted by atomic mass is 32.2. The number of hydrogen-bond donors (Lipinski definition) is 1. The maximum Gasteiger partial charge on any atom is 0.156 e. The third-order valence-electron chi connectivity index (χ3n) is 4.05. The highest BCUT2D eigenvalue weighted by Crippen LogP contribution is 2.19. The van der Waals surface area contributed by atoms with Gasteiger partial charge in [-0.1, -0.05) is 42.1 Å². The average molecular weight is 304 g/mol. The number of rotatable bonds is 5. The van der Waals surface area contributed by atoms with Crippen LogP contribution >= 0.6 is 11.8 Å². The first-order chi connectivity index (χ1) is 10.4. The molecular formula is C17H24N2OS. The van der Waals surface area contributed by atoms with Gasteiger partial charge in [0.15, 0.2) is 5.17 Å². The fourth-order valence-electron chi connectivity index (χ4n) is 2.88. The topological polar surface area (TPSA) is 33.6 Å². The molecule has 114 valence electrons. The summed E-state index contributed by atoms with van der Waals surface area (Å²) >= 11 is 1.85. The standard InChI is InChI=1S/C17H24N2OS/c1-2-6-14(7-3-1)12-15-13-21-17(19-15)18-10-9-16-8-4-5-11-20-16/h1-3,6-7,15-16H,4-5,8-13H2,(H,18,19). The average Bonchev–Trinajstić information content (AvgIpc) is 2.97. The minimum Gasteiger partial charge on any atom is -0.378 e. The van der Waals surface area contributed by atoms with Crippen LogP contribution in [0.15, 0.2) is 35.3 Å². The summed E-state index contributed by atoms with van der Waals surface area (Å²) in [7, 11) is 0. The van der Waals surface area contributed by atoms with Gasteiger partial charge in [0.25, 0.3) is 0 Å². The van der Waals surface area contributed by atoms with Crippen molar-refractivity contribution >= 4 is 16.9 Å². The van der Waals surface area contributed by atoms with Crippen molar-refractivity contribution in [2.24, 2.45) is 4.99 Å². The van der Waals surface area contributed by atoms with E-state index in [0.717, 1.165) is 36.9 Å². The molecule has 1 N–H and O–H groups in total. The van der Waals surface area contributed by atoms with Gasteiger partial charge in [-0.15, -0.1) is 0 Å². The van der Waals surface area contributed by atoms with Gasteiger partial charge in [-0.25, -0.2) is 0 Å². The quantitative estimate of drug-likeness (QED) is 0.906. The first-order valence-corrected chi connectivity index (χ1v) is 8.98. The molecule has 0 radical (unpaired) electrons. The number of nitrogens with zero attached hydrogens (tertiary/aromatic N) is 1. The van der Waals surface area contributed by atoms with Crippen LogP contribution < -0.4 is 5.32 Å². The van der Waals surface area contributed by atoms with Crippen LogP contribution in [-0.2, 0) is 11.2 Å². The molecule has 2 atom stereocenters. The van der Waals surface area contributed by atoms with E-state index in [1.807, 2.05) is 11.8 Å². The summed E-state index contributed by atoms with van der Waals surface area (Å²) in [5.41, 5.74) is 1.40. The van der Waals surface area contributed by atoms with E-state index in [-0.39, 0.29) is 0 Å². The highest BCUT2D eigenvalue weighted by Gasteiger charge is 2.20. The molecule has 2 saturated heterocycles. The summed E-state index contributed by atoms with van der Waals surface area (Å²) in [5, 5.41) is 4.67. The number of benzene rings is 1. The van der Waals surface area contributed by atoms with Gasteiger partial charge in [0, 0.05) is 24.9 Å². The van der Waals surface area contributed by atoms with Crippen molar-refractivity contribution in [2.75, 3.05) is 18.9 Å². The van der Waals surface area contributed by atoms with Crippen molar-refractivity contribution in [1.82, 2.24) is 5.32 Å². The van der Waals surface area contributed by atoms with E-state index in [1.165, 1.54) is 24.8 Å². The Labute approximate surface area is 131 Å². The molecule has 0 aliphatic carbocycles. The van der Waals surface area contributed by atoms with Crippen LogP contribution in [0.4, 0.5) is 0 Å². The third-order valence-corrected chi connectivity index (χ3v) is 5.14. The number of ether oxygens (including phenoxy) is 1. The minimum absolute atomic E-state index is 0.439. The maximum absolute atomic E-state index is 5.75. The summed E-state index contributed by atoms with van der Waals surface area (Å²) in [6, 6.07) is 11.2. The number of amidine groups is 1. The second kappa shape index (κ2) is 7.85. The lowest BCUT2D eigenvalue weighted by Crippen LogP contribution is -2.29. The Morgan fingerprint density at radius 1 is 1.24 bits per heavy atom. The number of hydrogen-bond acceptors (Lipinski definition) is 3. The van der Waals surface area contributed by atoms with Gasteiger partial charge in [0.05, 0.1) is 6.10 Å². The van der Waals surface area contributed by atoms with Crippen LogP contribution in [0.1, 0.15) is 31.2 Å². The monoisotopic (exact) mass is 304 g/mol. The van der Waals surface area contributed by atoms with Crippen LogP contribution in [0.2, 0.25) is 0 Å². The zero-order valence-electron chi connectivity index (χ0n) is 12.5. The van der Waals surface area contributed by atoms with Gasteiger partial charge in [0.1, 0.15) is 0 Å². The number of aliphatic imine (C=N–C) groups is 1. The van der Waals surface area contributed by atoms with Crippen molar-refractivity contribution in [3.63, 3.8) is 0 Å². The summed E-state index contributed by atoms with van der Waals surface area (Å²) < 4.78 is 5.75. The smallest absolute Gasteiger partial charge is 0.156 e. The molecular weight excluding hydrogens is 280 g/mol. The van der Waals surface area contributed by atoms with Gasteiger partial charge < -0.3 is 10.1 Å². The van der Waals surface area contributed by atoms with Gasteiger partial charge >= 0.3 is 0 Å². The highest BCUT2D eigenvalue weighted by molar-refractivity contribution is 8.14. The molecule has 0 amide bonds. The molecule has 2 fully saturated rings. The van der Waals surface area contributed by atoms with E-state index >= 15 is 0 Å². The predicted octanol–water partition coefficient (Wildman–Crippen LogP) is 3.25. The largest absolute Gasteiger partial charge is 0.378 e. The lowest BCUT2D eigenvalue weighted by Gasteiger charge is -2.21. The molecule has 2 heterocycles. The van der Waals surface area contributed by atoms with Gasteiger partial charge in [-0.2, -0.15) is 0 Å². The molecule has 0 spiro atoms. The van der Waals surface area contributed by atoms with Crippen molar-refractivity contribution in [3.8, 4) is 0 Å². The summed E-state index contributed by atoms with van der Waals surface area (Å²) in [5.74, 6) is 1.12. The molecule has 2 unspecified atom stereocenters. The van der Waals surface area contributed by atoms with E-state index in [1.54, 1.807) is 0 Å². The Morgan fingerprint density at radius 2 is 2.14 bits per heavy atom. The van der Waals surface area contributed by atoms with Crippen LogP contribution in [0.25, 0.3) is 0 Å². The first-order valence-electron chi connectivity index (χ1n) is 7.99. The Kier molecular flexibility index (Phi) is 5.58. The Bertz CT molecular complexity index is 457. The van der Waals surface area contributed by atoms with Crippen molar-refractivity contribution in [1.29, 1.82) is 0 Å². The summed E-state index contributed by atoms with van der Waals surface area (Å²) in [6.07, 6.45) is 6.34. The zero-order chi connectivity index (χ0) is 14.3. The fourth-order valence-corrected chi connectivity index (χ4v) is 3.88. The molecule has 21 heavy (non-hydrogen) atoms. The SMILES string of the molecule is c1ccc(CC2CSC(=NCCC3CCCCO3)N2)cc1. The molecule has 3 nitrogen and oxygen atoms in total. The van der Waals surface area contributed by atoms with E-state index in [4.69, 9.17) is 9.73 Å². The van der Waals surface area contributed by atoms with E-state index in [2.05, 4.69) is 35.6 Å². The van der Waals surface area contributed by atoms with Gasteiger partial charge in [-0.3, -0.25) is 4.99 Å². The molecule has 1 aromatic rings. The zero-order valence-corrected chi connectivity index (χ0v) is 13.3. The van der Waals surface area contributed by atoms with E-state index < -0.39 is 0 Å². The van der Waals surface area contributed by atoms with E-state index in [9.17, 15) is 0 Å². The van der Waals surface area contributed by atoms with Crippen LogP contribution in [-0.4, -0.2) is 36.2 Å². The van der Waals surface area contributed by atoms with Crippen molar-refractivity contribution < 1.29 is 4.74 Å². The molecule has 0 aromatic heterocycles. The normalized spacial score (nSPS) is 27.7. The number of thioether (sulfide) groups is 1. The van der Waals surface area contributed by atoms with Crippen molar-refractivity contribution in [2.45, 2.75) is 44.2 Å². The Balaban J connectivity index is 1.40. The summed E-state index contributed by atoms with van der Waals surface area (Å²) in [6.45, 7) is 1.82. The van der Waals surface area contributed by atoms with Crippen molar-refractivity contribution in [3.05, 3.63) is 35.9 Å². The predicted molar refractivity (Wildman–Crippen MR) is 90.0 cm³/mol. The fraction of sp³-hybridized carbons (Fsp3) is 0.588. The Morgan fingerprint density at radius 3 is 2.95 bits per heavy atom. The lowest BCUT2D eigenvalue weighted by molar-refractivity contribution is 0.0129. The van der Waals surface area contributed by atoms with Crippen LogP contribution in [0.5, 0.6) is 0 Å². The molecule has 1 aromatic carbocycles.